The lowest BCUT2D eigenvalue weighted by molar-refractivity contribution is -0.115. The van der Waals surface area contributed by atoms with Crippen LogP contribution in [-0.4, -0.2) is 44.8 Å². The summed E-state index contributed by atoms with van der Waals surface area (Å²) in [5.41, 5.74) is 4.43. The van der Waals surface area contributed by atoms with Gasteiger partial charge >= 0.3 is 0 Å². The van der Waals surface area contributed by atoms with Crippen molar-refractivity contribution in [2.75, 3.05) is 36.4 Å². The Bertz CT molecular complexity index is 1040. The van der Waals surface area contributed by atoms with Gasteiger partial charge in [-0.25, -0.2) is 8.42 Å². The lowest BCUT2D eigenvalue weighted by Crippen LogP contribution is -2.32. The van der Waals surface area contributed by atoms with Gasteiger partial charge in [0.15, 0.2) is 0 Å². The lowest BCUT2D eigenvalue weighted by Gasteiger charge is -2.21. The number of hydrogen-bond donors (Lipinski definition) is 1. The Balaban J connectivity index is 1.76. The van der Waals surface area contributed by atoms with Crippen LogP contribution in [0.15, 0.2) is 35.2 Å². The van der Waals surface area contributed by atoms with Crippen LogP contribution < -0.4 is 10.2 Å². The van der Waals surface area contributed by atoms with Gasteiger partial charge in [-0.15, -0.1) is 0 Å². The van der Waals surface area contributed by atoms with Crippen molar-refractivity contribution in [2.45, 2.75) is 39.0 Å². The zero-order valence-corrected chi connectivity index (χ0v) is 19.4. The zero-order valence-electron chi connectivity index (χ0n) is 17.8. The number of aryl methyl sites for hydroxylation is 2. The quantitative estimate of drug-likeness (QED) is 0.693. The van der Waals surface area contributed by atoms with Crippen molar-refractivity contribution in [1.29, 1.82) is 0 Å². The van der Waals surface area contributed by atoms with Gasteiger partial charge in [0, 0.05) is 25.3 Å². The highest BCUT2D eigenvalue weighted by Gasteiger charge is 2.26. The molecule has 1 amide bonds. The summed E-state index contributed by atoms with van der Waals surface area (Å²) >= 11 is 6.30. The number of carbonyl (C=O) groups excluding carboxylic acids is 1. The van der Waals surface area contributed by atoms with Crippen LogP contribution in [0, 0.1) is 13.8 Å². The topological polar surface area (TPSA) is 69.7 Å². The molecule has 6 nitrogen and oxygen atoms in total. The highest BCUT2D eigenvalue weighted by Crippen LogP contribution is 2.32. The molecule has 0 aliphatic carbocycles. The second-order valence-corrected chi connectivity index (χ2v) is 9.88. The molecule has 0 radical (unpaired) electrons. The number of fused-ring (bicyclic) bond motifs is 1. The van der Waals surface area contributed by atoms with Crippen LogP contribution in [0.3, 0.4) is 0 Å². The number of amides is 1. The van der Waals surface area contributed by atoms with Crippen molar-refractivity contribution in [2.24, 2.45) is 0 Å². The standard InChI is InChI=1S/C22H28ClN3O3S/c1-5-26(6-2)30(28,29)18-7-8-20-17(13-18)9-10-25(20)14-21(27)24-22-16(4)11-15(3)12-19(22)23/h7-8,11-13H,5-6,9-10,14H2,1-4H3,(H,24,27). The van der Waals surface area contributed by atoms with Crippen molar-refractivity contribution < 1.29 is 13.2 Å². The molecular weight excluding hydrogens is 422 g/mol. The number of nitrogens with one attached hydrogen (secondary N) is 1. The summed E-state index contributed by atoms with van der Waals surface area (Å²) in [6, 6.07) is 8.97. The van der Waals surface area contributed by atoms with Gasteiger partial charge in [-0.3, -0.25) is 4.79 Å². The van der Waals surface area contributed by atoms with E-state index in [0.717, 1.165) is 22.4 Å². The Hall–Kier alpha value is -2.09. The molecule has 0 saturated carbocycles. The van der Waals surface area contributed by atoms with Crippen LogP contribution in [0.5, 0.6) is 0 Å². The molecule has 0 atom stereocenters. The third kappa shape index (κ3) is 4.48. The number of nitrogens with zero attached hydrogens (tertiary/aromatic N) is 2. The van der Waals surface area contributed by atoms with Crippen molar-refractivity contribution in [3.05, 3.63) is 52.0 Å². The first-order valence-electron chi connectivity index (χ1n) is 10.1. The average Bonchev–Trinajstić information content (AvgIpc) is 3.07. The molecule has 30 heavy (non-hydrogen) atoms. The molecule has 8 heteroatoms. The van der Waals surface area contributed by atoms with Gasteiger partial charge < -0.3 is 10.2 Å². The van der Waals surface area contributed by atoms with Crippen LogP contribution in [0.4, 0.5) is 11.4 Å². The van der Waals surface area contributed by atoms with Gasteiger partial charge in [0.05, 0.1) is 22.2 Å². The van der Waals surface area contributed by atoms with Gasteiger partial charge in [0.25, 0.3) is 0 Å². The maximum absolute atomic E-state index is 12.8. The Morgan fingerprint density at radius 1 is 1.17 bits per heavy atom. The Labute approximate surface area is 183 Å². The van der Waals surface area contributed by atoms with Crippen molar-refractivity contribution >= 4 is 38.9 Å². The molecule has 2 aromatic rings. The Morgan fingerprint density at radius 3 is 2.50 bits per heavy atom. The summed E-state index contributed by atoms with van der Waals surface area (Å²) in [4.78, 5) is 14.9. The molecule has 2 aromatic carbocycles. The molecule has 0 saturated heterocycles. The lowest BCUT2D eigenvalue weighted by atomic mass is 10.1. The first-order valence-corrected chi connectivity index (χ1v) is 11.9. The second-order valence-electron chi connectivity index (χ2n) is 7.54. The molecule has 162 valence electrons. The van der Waals surface area contributed by atoms with Gasteiger partial charge in [-0.2, -0.15) is 4.31 Å². The van der Waals surface area contributed by atoms with E-state index in [2.05, 4.69) is 5.32 Å². The highest BCUT2D eigenvalue weighted by atomic mass is 35.5. The maximum atomic E-state index is 12.8. The number of benzene rings is 2. The smallest absolute Gasteiger partial charge is 0.243 e. The van der Waals surface area contributed by atoms with Gasteiger partial charge in [0.1, 0.15) is 0 Å². The van der Waals surface area contributed by atoms with E-state index in [1.54, 1.807) is 18.2 Å². The van der Waals surface area contributed by atoms with Gasteiger partial charge in [0.2, 0.25) is 15.9 Å². The molecule has 1 heterocycles. The number of anilines is 2. The minimum Gasteiger partial charge on any atom is -0.362 e. The average molecular weight is 450 g/mol. The summed E-state index contributed by atoms with van der Waals surface area (Å²) in [5, 5.41) is 3.44. The molecule has 0 bridgehead atoms. The summed E-state index contributed by atoms with van der Waals surface area (Å²) < 4.78 is 27.0. The predicted molar refractivity (Wildman–Crippen MR) is 122 cm³/mol. The van der Waals surface area contributed by atoms with E-state index in [-0.39, 0.29) is 12.5 Å². The first-order chi connectivity index (χ1) is 14.2. The second kappa shape index (κ2) is 8.96. The number of halogens is 1. The first kappa shape index (κ1) is 22.6. The minimum absolute atomic E-state index is 0.156. The van der Waals surface area contributed by atoms with Gasteiger partial charge in [-0.05, 0) is 61.2 Å². The third-order valence-electron chi connectivity index (χ3n) is 5.42. The third-order valence-corrected chi connectivity index (χ3v) is 7.76. The van der Waals surface area contributed by atoms with Crippen molar-refractivity contribution in [3.63, 3.8) is 0 Å². The summed E-state index contributed by atoms with van der Waals surface area (Å²) in [6.45, 7) is 9.24. The highest BCUT2D eigenvalue weighted by molar-refractivity contribution is 7.89. The number of sulfonamides is 1. The monoisotopic (exact) mass is 449 g/mol. The fourth-order valence-electron chi connectivity index (χ4n) is 3.91. The van der Waals surface area contributed by atoms with Crippen LogP contribution in [0.2, 0.25) is 5.02 Å². The van der Waals surface area contributed by atoms with E-state index >= 15 is 0 Å². The molecular formula is C22H28ClN3O3S. The Morgan fingerprint density at radius 2 is 1.87 bits per heavy atom. The maximum Gasteiger partial charge on any atom is 0.243 e. The summed E-state index contributed by atoms with van der Waals surface area (Å²) in [7, 11) is -3.50. The van der Waals surface area contributed by atoms with E-state index in [1.807, 2.05) is 44.7 Å². The number of rotatable bonds is 7. The van der Waals surface area contributed by atoms with Crippen LogP contribution in [-0.2, 0) is 21.2 Å². The van der Waals surface area contributed by atoms with E-state index in [9.17, 15) is 13.2 Å². The Kier molecular flexibility index (Phi) is 6.75. The minimum atomic E-state index is -3.50. The van der Waals surface area contributed by atoms with E-state index in [4.69, 9.17) is 11.6 Å². The molecule has 3 rings (SSSR count). The van der Waals surface area contributed by atoms with E-state index in [0.29, 0.717) is 41.7 Å². The van der Waals surface area contributed by atoms with Crippen molar-refractivity contribution in [1.82, 2.24) is 4.31 Å². The number of carbonyl (C=O) groups is 1. The fourth-order valence-corrected chi connectivity index (χ4v) is 5.79. The molecule has 0 spiro atoms. The normalized spacial score (nSPS) is 13.6. The summed E-state index contributed by atoms with van der Waals surface area (Å²) in [6.07, 6.45) is 0.703. The summed E-state index contributed by atoms with van der Waals surface area (Å²) in [5.74, 6) is -0.156. The van der Waals surface area contributed by atoms with Gasteiger partial charge in [-0.1, -0.05) is 31.5 Å². The zero-order chi connectivity index (χ0) is 22.1. The van der Waals surface area contributed by atoms with Crippen LogP contribution in [0.25, 0.3) is 0 Å². The molecule has 1 N–H and O–H groups in total. The van der Waals surface area contributed by atoms with Crippen LogP contribution >= 0.6 is 11.6 Å². The van der Waals surface area contributed by atoms with Crippen molar-refractivity contribution in [3.8, 4) is 0 Å². The largest absolute Gasteiger partial charge is 0.362 e. The fraction of sp³-hybridized carbons (Fsp3) is 0.409. The molecule has 0 unspecified atom stereocenters. The van der Waals surface area contributed by atoms with E-state index < -0.39 is 10.0 Å². The molecule has 1 aliphatic rings. The molecule has 0 fully saturated rings. The van der Waals surface area contributed by atoms with E-state index in [1.165, 1.54) is 4.31 Å². The molecule has 0 aromatic heterocycles. The number of hydrogen-bond acceptors (Lipinski definition) is 4. The SMILES string of the molecule is CCN(CC)S(=O)(=O)c1ccc2c(c1)CCN2CC(=O)Nc1c(C)cc(C)cc1Cl. The predicted octanol–water partition coefficient (Wildman–Crippen LogP) is 3.99. The molecule has 1 aliphatic heterocycles. The van der Waals surface area contributed by atoms with Crippen LogP contribution in [0.1, 0.15) is 30.5 Å².